The minimum absolute atomic E-state index is 0.254. The van der Waals surface area contributed by atoms with Crippen LogP contribution in [0.2, 0.25) is 0 Å². The molecule has 0 spiro atoms. The van der Waals surface area contributed by atoms with Crippen LogP contribution in [0.1, 0.15) is 24.3 Å². The maximum absolute atomic E-state index is 4.99. The van der Waals surface area contributed by atoms with Crippen molar-refractivity contribution in [2.45, 2.75) is 19.5 Å². The van der Waals surface area contributed by atoms with E-state index < -0.39 is 0 Å². The average molecular weight is 206 g/mol. The van der Waals surface area contributed by atoms with Gasteiger partial charge in [-0.1, -0.05) is 5.16 Å². The Balaban J connectivity index is 1.90. The van der Waals surface area contributed by atoms with Crippen LogP contribution in [0.25, 0.3) is 0 Å². The lowest BCUT2D eigenvalue weighted by molar-refractivity contribution is 0.366. The predicted octanol–water partition coefficient (Wildman–Crippen LogP) is 1.26. The van der Waals surface area contributed by atoms with Gasteiger partial charge < -0.3 is 9.84 Å². The normalized spacial score (nSPS) is 12.9. The number of aromatic nitrogens is 3. The molecule has 0 fully saturated rings. The third-order valence-electron chi connectivity index (χ3n) is 2.30. The number of hydrogen-bond donors (Lipinski definition) is 1. The van der Waals surface area contributed by atoms with E-state index in [1.54, 1.807) is 10.9 Å². The van der Waals surface area contributed by atoms with Crippen LogP contribution in [0.5, 0.6) is 0 Å². The number of nitrogens with one attached hydrogen (secondary N) is 1. The largest absolute Gasteiger partial charge is 0.360 e. The molecule has 2 heterocycles. The van der Waals surface area contributed by atoms with E-state index in [2.05, 4.69) is 22.5 Å². The quantitative estimate of drug-likeness (QED) is 0.818. The highest BCUT2D eigenvalue weighted by Crippen LogP contribution is 2.11. The van der Waals surface area contributed by atoms with Gasteiger partial charge in [0.05, 0.1) is 18.9 Å². The van der Waals surface area contributed by atoms with Crippen LogP contribution < -0.4 is 5.32 Å². The highest BCUT2D eigenvalue weighted by atomic mass is 16.5. The van der Waals surface area contributed by atoms with Gasteiger partial charge in [0, 0.05) is 30.9 Å². The first-order valence-corrected chi connectivity index (χ1v) is 4.87. The highest BCUT2D eigenvalue weighted by Gasteiger charge is 2.07. The van der Waals surface area contributed by atoms with Crippen LogP contribution in [-0.2, 0) is 13.6 Å². The van der Waals surface area contributed by atoms with E-state index in [1.807, 2.05) is 25.5 Å². The topological polar surface area (TPSA) is 55.9 Å². The third-order valence-corrected chi connectivity index (χ3v) is 2.30. The Morgan fingerprint density at radius 1 is 1.60 bits per heavy atom. The van der Waals surface area contributed by atoms with Crippen LogP contribution in [0.3, 0.4) is 0 Å². The molecule has 5 nitrogen and oxygen atoms in total. The molecule has 1 unspecified atom stereocenters. The third kappa shape index (κ3) is 2.44. The molecule has 0 aliphatic carbocycles. The van der Waals surface area contributed by atoms with Gasteiger partial charge in [0.1, 0.15) is 5.76 Å². The van der Waals surface area contributed by atoms with Crippen LogP contribution in [0.15, 0.2) is 29.2 Å². The maximum atomic E-state index is 4.99. The lowest BCUT2D eigenvalue weighted by atomic mass is 10.2. The van der Waals surface area contributed by atoms with Crippen LogP contribution in [-0.4, -0.2) is 14.9 Å². The molecule has 1 N–H and O–H groups in total. The molecule has 2 rings (SSSR count). The van der Waals surface area contributed by atoms with Crippen molar-refractivity contribution < 1.29 is 4.52 Å². The van der Waals surface area contributed by atoms with Gasteiger partial charge in [-0.25, -0.2) is 0 Å². The number of hydrogen-bond acceptors (Lipinski definition) is 4. The zero-order valence-corrected chi connectivity index (χ0v) is 8.84. The smallest absolute Gasteiger partial charge is 0.150 e. The number of nitrogens with zero attached hydrogens (tertiary/aromatic N) is 3. The van der Waals surface area contributed by atoms with E-state index in [0.717, 1.165) is 11.3 Å². The van der Waals surface area contributed by atoms with Crippen molar-refractivity contribution in [3.8, 4) is 0 Å². The second-order valence-corrected chi connectivity index (χ2v) is 3.53. The first kappa shape index (κ1) is 9.92. The fourth-order valence-corrected chi connectivity index (χ4v) is 1.37. The van der Waals surface area contributed by atoms with Gasteiger partial charge in [-0.05, 0) is 6.92 Å². The highest BCUT2D eigenvalue weighted by molar-refractivity contribution is 5.09. The molecule has 0 bridgehead atoms. The minimum atomic E-state index is 0.254. The monoisotopic (exact) mass is 206 g/mol. The van der Waals surface area contributed by atoms with Gasteiger partial charge >= 0.3 is 0 Å². The predicted molar refractivity (Wildman–Crippen MR) is 55.0 cm³/mol. The second kappa shape index (κ2) is 4.27. The van der Waals surface area contributed by atoms with Crippen molar-refractivity contribution in [2.75, 3.05) is 0 Å². The Hall–Kier alpha value is -1.62. The van der Waals surface area contributed by atoms with Crippen molar-refractivity contribution in [3.63, 3.8) is 0 Å². The molecule has 1 atom stereocenters. The summed E-state index contributed by atoms with van der Waals surface area (Å²) in [6, 6.07) is 2.10. The molecule has 0 aliphatic heterocycles. The maximum Gasteiger partial charge on any atom is 0.150 e. The SMILES string of the molecule is CC(NCc1ccno1)c1cnn(C)c1. The van der Waals surface area contributed by atoms with E-state index in [4.69, 9.17) is 4.52 Å². The van der Waals surface area contributed by atoms with Crippen molar-refractivity contribution in [1.29, 1.82) is 0 Å². The van der Waals surface area contributed by atoms with Crippen molar-refractivity contribution in [3.05, 3.63) is 36.0 Å². The standard InChI is InChI=1S/C10H14N4O/c1-8(9-5-12-14(2)7-9)11-6-10-3-4-13-15-10/h3-5,7-8,11H,6H2,1-2H3. The Morgan fingerprint density at radius 2 is 2.47 bits per heavy atom. The molecular formula is C10H14N4O. The summed E-state index contributed by atoms with van der Waals surface area (Å²) in [5.41, 5.74) is 1.16. The lowest BCUT2D eigenvalue weighted by Crippen LogP contribution is -2.17. The molecule has 15 heavy (non-hydrogen) atoms. The Bertz CT molecular complexity index is 407. The van der Waals surface area contributed by atoms with Gasteiger partial charge in [0.2, 0.25) is 0 Å². The molecule has 0 saturated carbocycles. The van der Waals surface area contributed by atoms with Gasteiger partial charge in [-0.3, -0.25) is 4.68 Å². The Morgan fingerprint density at radius 3 is 3.07 bits per heavy atom. The summed E-state index contributed by atoms with van der Waals surface area (Å²) in [5.74, 6) is 0.839. The molecule has 0 radical (unpaired) electrons. The molecule has 0 saturated heterocycles. The van der Waals surface area contributed by atoms with E-state index in [-0.39, 0.29) is 6.04 Å². The van der Waals surface area contributed by atoms with Gasteiger partial charge in [0.25, 0.3) is 0 Å². The molecule has 2 aromatic rings. The van der Waals surface area contributed by atoms with Crippen molar-refractivity contribution in [1.82, 2.24) is 20.3 Å². The summed E-state index contributed by atoms with van der Waals surface area (Å²) < 4.78 is 6.79. The molecule has 80 valence electrons. The van der Waals surface area contributed by atoms with E-state index >= 15 is 0 Å². The summed E-state index contributed by atoms with van der Waals surface area (Å²) in [4.78, 5) is 0. The van der Waals surface area contributed by atoms with Gasteiger partial charge in [-0.15, -0.1) is 0 Å². The summed E-state index contributed by atoms with van der Waals surface area (Å²) in [6.07, 6.45) is 5.50. The summed E-state index contributed by atoms with van der Waals surface area (Å²) in [7, 11) is 1.91. The summed E-state index contributed by atoms with van der Waals surface area (Å²) in [5, 5.41) is 11.1. The summed E-state index contributed by atoms with van der Waals surface area (Å²) in [6.45, 7) is 2.77. The fraction of sp³-hybridized carbons (Fsp3) is 0.400. The van der Waals surface area contributed by atoms with E-state index in [9.17, 15) is 0 Å². The summed E-state index contributed by atoms with van der Waals surface area (Å²) >= 11 is 0. The molecular weight excluding hydrogens is 192 g/mol. The van der Waals surface area contributed by atoms with E-state index in [1.165, 1.54) is 0 Å². The molecule has 0 aromatic carbocycles. The van der Waals surface area contributed by atoms with Gasteiger partial charge in [-0.2, -0.15) is 5.10 Å². The average Bonchev–Trinajstić information content (AvgIpc) is 2.84. The fourth-order valence-electron chi connectivity index (χ4n) is 1.37. The zero-order valence-electron chi connectivity index (χ0n) is 8.84. The van der Waals surface area contributed by atoms with Crippen molar-refractivity contribution in [2.24, 2.45) is 7.05 Å². The van der Waals surface area contributed by atoms with Crippen LogP contribution in [0.4, 0.5) is 0 Å². The number of aryl methyl sites for hydroxylation is 1. The van der Waals surface area contributed by atoms with Crippen LogP contribution >= 0.6 is 0 Å². The zero-order chi connectivity index (χ0) is 10.7. The van der Waals surface area contributed by atoms with Crippen molar-refractivity contribution >= 4 is 0 Å². The first-order valence-electron chi connectivity index (χ1n) is 4.87. The molecule has 0 amide bonds. The van der Waals surface area contributed by atoms with Crippen LogP contribution in [0, 0.1) is 0 Å². The Labute approximate surface area is 88.1 Å². The minimum Gasteiger partial charge on any atom is -0.360 e. The van der Waals surface area contributed by atoms with Gasteiger partial charge in [0.15, 0.2) is 0 Å². The molecule has 2 aromatic heterocycles. The lowest BCUT2D eigenvalue weighted by Gasteiger charge is -2.09. The molecule has 0 aliphatic rings. The molecule has 5 heteroatoms. The number of rotatable bonds is 4. The first-order chi connectivity index (χ1) is 7.25. The Kier molecular flexibility index (Phi) is 2.82. The second-order valence-electron chi connectivity index (χ2n) is 3.53. The van der Waals surface area contributed by atoms with E-state index in [0.29, 0.717) is 6.54 Å².